The SMILES string of the molecule is Cc1occc1-c1nsc(NC(C)(C)C)n1. The lowest BCUT2D eigenvalue weighted by molar-refractivity contribution is 0.535. The summed E-state index contributed by atoms with van der Waals surface area (Å²) in [5.74, 6) is 1.57. The topological polar surface area (TPSA) is 51.0 Å². The van der Waals surface area contributed by atoms with Crippen LogP contribution in [0.15, 0.2) is 16.7 Å². The molecule has 0 aromatic carbocycles. The molecule has 16 heavy (non-hydrogen) atoms. The van der Waals surface area contributed by atoms with Gasteiger partial charge in [0.05, 0.1) is 11.8 Å². The fourth-order valence-electron chi connectivity index (χ4n) is 1.32. The first-order chi connectivity index (χ1) is 7.46. The van der Waals surface area contributed by atoms with Crippen molar-refractivity contribution in [2.75, 3.05) is 5.32 Å². The molecule has 0 aliphatic heterocycles. The van der Waals surface area contributed by atoms with Gasteiger partial charge in [0.25, 0.3) is 0 Å². The Balaban J connectivity index is 2.24. The van der Waals surface area contributed by atoms with Crippen LogP contribution in [0.1, 0.15) is 26.5 Å². The molecule has 0 atom stereocenters. The second kappa shape index (κ2) is 3.90. The van der Waals surface area contributed by atoms with Gasteiger partial charge in [-0.2, -0.15) is 9.36 Å². The van der Waals surface area contributed by atoms with Crippen LogP contribution in [0.25, 0.3) is 11.4 Å². The first-order valence-corrected chi connectivity index (χ1v) is 5.89. The molecular formula is C11H15N3OS. The average molecular weight is 237 g/mol. The van der Waals surface area contributed by atoms with E-state index in [9.17, 15) is 0 Å². The molecule has 2 heterocycles. The molecule has 86 valence electrons. The Hall–Kier alpha value is -1.36. The van der Waals surface area contributed by atoms with Crippen LogP contribution < -0.4 is 5.32 Å². The Bertz CT molecular complexity index is 481. The predicted octanol–water partition coefficient (Wildman–Crippen LogP) is 3.32. The molecule has 4 nitrogen and oxygen atoms in total. The predicted molar refractivity (Wildman–Crippen MR) is 65.7 cm³/mol. The largest absolute Gasteiger partial charge is 0.469 e. The molecule has 0 fully saturated rings. The maximum Gasteiger partial charge on any atom is 0.203 e. The number of nitrogens with one attached hydrogen (secondary N) is 1. The minimum Gasteiger partial charge on any atom is -0.469 e. The third-order valence-electron chi connectivity index (χ3n) is 2.01. The number of furan rings is 1. The summed E-state index contributed by atoms with van der Waals surface area (Å²) in [5, 5.41) is 4.13. The van der Waals surface area contributed by atoms with E-state index in [2.05, 4.69) is 35.4 Å². The molecule has 2 aromatic rings. The van der Waals surface area contributed by atoms with Gasteiger partial charge in [0.1, 0.15) is 5.76 Å². The van der Waals surface area contributed by atoms with Gasteiger partial charge >= 0.3 is 0 Å². The van der Waals surface area contributed by atoms with Crippen LogP contribution in [0.3, 0.4) is 0 Å². The van der Waals surface area contributed by atoms with Gasteiger partial charge in [-0.15, -0.1) is 0 Å². The Labute approximate surface area is 98.9 Å². The van der Waals surface area contributed by atoms with E-state index in [-0.39, 0.29) is 5.54 Å². The molecule has 0 unspecified atom stereocenters. The fraction of sp³-hybridized carbons (Fsp3) is 0.455. The third kappa shape index (κ3) is 2.41. The van der Waals surface area contributed by atoms with E-state index in [1.807, 2.05) is 13.0 Å². The lowest BCUT2D eigenvalue weighted by Crippen LogP contribution is -2.25. The highest BCUT2D eigenvalue weighted by atomic mass is 32.1. The number of aryl methyl sites for hydroxylation is 1. The maximum absolute atomic E-state index is 5.23. The molecule has 0 amide bonds. The molecular weight excluding hydrogens is 222 g/mol. The summed E-state index contributed by atoms with van der Waals surface area (Å²) in [6.45, 7) is 8.19. The van der Waals surface area contributed by atoms with Gasteiger partial charge in [-0.3, -0.25) is 0 Å². The molecule has 0 saturated carbocycles. The zero-order chi connectivity index (χ0) is 11.8. The van der Waals surface area contributed by atoms with Crippen molar-refractivity contribution in [1.82, 2.24) is 9.36 Å². The Kier molecular flexibility index (Phi) is 2.71. The fourth-order valence-corrected chi connectivity index (χ4v) is 2.11. The van der Waals surface area contributed by atoms with Crippen LogP contribution in [0.5, 0.6) is 0 Å². The molecule has 1 N–H and O–H groups in total. The Morgan fingerprint density at radius 3 is 2.69 bits per heavy atom. The smallest absolute Gasteiger partial charge is 0.203 e. The third-order valence-corrected chi connectivity index (χ3v) is 2.64. The van der Waals surface area contributed by atoms with Gasteiger partial charge in [0, 0.05) is 17.1 Å². The van der Waals surface area contributed by atoms with E-state index < -0.39 is 0 Å². The van der Waals surface area contributed by atoms with Crippen LogP contribution in [0.4, 0.5) is 5.13 Å². The van der Waals surface area contributed by atoms with Crippen LogP contribution in [0, 0.1) is 6.92 Å². The van der Waals surface area contributed by atoms with Crippen molar-refractivity contribution < 1.29 is 4.42 Å². The van der Waals surface area contributed by atoms with E-state index in [1.165, 1.54) is 11.5 Å². The minimum absolute atomic E-state index is 0.00223. The summed E-state index contributed by atoms with van der Waals surface area (Å²) < 4.78 is 9.55. The molecule has 0 radical (unpaired) electrons. The molecule has 0 aliphatic carbocycles. The van der Waals surface area contributed by atoms with Gasteiger partial charge in [0.15, 0.2) is 5.82 Å². The summed E-state index contributed by atoms with van der Waals surface area (Å²) >= 11 is 1.37. The molecule has 0 bridgehead atoms. The van der Waals surface area contributed by atoms with Gasteiger partial charge < -0.3 is 9.73 Å². The van der Waals surface area contributed by atoms with E-state index in [4.69, 9.17) is 4.42 Å². The zero-order valence-electron chi connectivity index (χ0n) is 9.87. The van der Waals surface area contributed by atoms with Crippen molar-refractivity contribution in [2.24, 2.45) is 0 Å². The van der Waals surface area contributed by atoms with Gasteiger partial charge in [-0.1, -0.05) is 0 Å². The van der Waals surface area contributed by atoms with Gasteiger partial charge in [-0.05, 0) is 33.8 Å². The lowest BCUT2D eigenvalue weighted by Gasteiger charge is -2.18. The Morgan fingerprint density at radius 2 is 2.12 bits per heavy atom. The van der Waals surface area contributed by atoms with Gasteiger partial charge in [-0.25, -0.2) is 0 Å². The summed E-state index contributed by atoms with van der Waals surface area (Å²) in [4.78, 5) is 4.44. The van der Waals surface area contributed by atoms with E-state index in [0.717, 1.165) is 22.3 Å². The lowest BCUT2D eigenvalue weighted by atomic mass is 10.1. The van der Waals surface area contributed by atoms with E-state index >= 15 is 0 Å². The number of rotatable bonds is 2. The summed E-state index contributed by atoms with van der Waals surface area (Å²) in [6, 6.07) is 1.89. The quantitative estimate of drug-likeness (QED) is 0.870. The number of nitrogens with zero attached hydrogens (tertiary/aromatic N) is 2. The number of hydrogen-bond donors (Lipinski definition) is 1. The van der Waals surface area contributed by atoms with Crippen LogP contribution >= 0.6 is 11.5 Å². The van der Waals surface area contributed by atoms with Gasteiger partial charge in [0.2, 0.25) is 5.13 Å². The van der Waals surface area contributed by atoms with Crippen molar-refractivity contribution in [3.05, 3.63) is 18.1 Å². The summed E-state index contributed by atoms with van der Waals surface area (Å²) in [5.41, 5.74) is 0.959. The highest BCUT2D eigenvalue weighted by Gasteiger charge is 2.15. The molecule has 2 aromatic heterocycles. The summed E-state index contributed by atoms with van der Waals surface area (Å²) in [7, 11) is 0. The van der Waals surface area contributed by atoms with Crippen molar-refractivity contribution in [2.45, 2.75) is 33.2 Å². The van der Waals surface area contributed by atoms with Crippen molar-refractivity contribution >= 4 is 16.7 Å². The molecule has 0 saturated heterocycles. The monoisotopic (exact) mass is 237 g/mol. The van der Waals surface area contributed by atoms with Crippen LogP contribution in [0.2, 0.25) is 0 Å². The highest BCUT2D eigenvalue weighted by molar-refractivity contribution is 7.09. The van der Waals surface area contributed by atoms with Crippen LogP contribution in [-0.4, -0.2) is 14.9 Å². The van der Waals surface area contributed by atoms with E-state index in [0.29, 0.717) is 0 Å². The first-order valence-electron chi connectivity index (χ1n) is 5.12. The number of anilines is 1. The summed E-state index contributed by atoms with van der Waals surface area (Å²) in [6.07, 6.45) is 1.66. The van der Waals surface area contributed by atoms with Crippen molar-refractivity contribution in [3.63, 3.8) is 0 Å². The normalized spacial score (nSPS) is 11.8. The molecule has 2 rings (SSSR count). The standard InChI is InChI=1S/C11H15N3OS/c1-7-8(5-6-15-7)9-12-10(16-14-9)13-11(2,3)4/h5-6H,1-4H3,(H,12,13,14). The second-order valence-corrected chi connectivity index (χ2v) is 5.44. The number of hydrogen-bond acceptors (Lipinski definition) is 5. The molecule has 0 aliphatic rings. The molecule has 0 spiro atoms. The van der Waals surface area contributed by atoms with Crippen LogP contribution in [-0.2, 0) is 0 Å². The second-order valence-electron chi connectivity index (χ2n) is 4.69. The number of aromatic nitrogens is 2. The highest BCUT2D eigenvalue weighted by Crippen LogP contribution is 2.26. The van der Waals surface area contributed by atoms with Crippen molar-refractivity contribution in [1.29, 1.82) is 0 Å². The first kappa shape index (κ1) is 11.1. The van der Waals surface area contributed by atoms with Crippen molar-refractivity contribution in [3.8, 4) is 11.4 Å². The average Bonchev–Trinajstić information content (AvgIpc) is 2.71. The van der Waals surface area contributed by atoms with E-state index in [1.54, 1.807) is 6.26 Å². The minimum atomic E-state index is 0.00223. The zero-order valence-corrected chi connectivity index (χ0v) is 10.7. The molecule has 5 heteroatoms. The Morgan fingerprint density at radius 1 is 1.38 bits per heavy atom. The maximum atomic E-state index is 5.23.